The Labute approximate surface area is 502 Å². The van der Waals surface area contributed by atoms with Crippen LogP contribution in [-0.2, 0) is 14.3 Å². The Morgan fingerprint density at radius 3 is 0.762 bits per heavy atom. The normalized spacial score (nSPS) is 12.4. The number of aliphatic hydroxyl groups is 2. The molecule has 80 heavy (non-hydrogen) atoms. The fourth-order valence-corrected chi connectivity index (χ4v) is 12.2. The molecule has 0 bridgehead atoms. The highest BCUT2D eigenvalue weighted by molar-refractivity contribution is 5.76. The van der Waals surface area contributed by atoms with Crippen molar-refractivity contribution < 1.29 is 24.5 Å². The fourth-order valence-electron chi connectivity index (χ4n) is 12.2. The number of unbranched alkanes of at least 4 members (excludes halogenated alkanes) is 60. The molecular weight excluding hydrogens is 983 g/mol. The van der Waals surface area contributed by atoms with Crippen molar-refractivity contribution in [2.75, 3.05) is 13.2 Å². The van der Waals surface area contributed by atoms with E-state index in [1.165, 1.54) is 366 Å². The van der Waals surface area contributed by atoms with Gasteiger partial charge in [-0.1, -0.05) is 399 Å². The molecule has 0 radical (unpaired) electrons. The summed E-state index contributed by atoms with van der Waals surface area (Å²) in [4.78, 5) is 24.6. The zero-order chi connectivity index (χ0) is 57.8. The van der Waals surface area contributed by atoms with Crippen LogP contribution in [0, 0.1) is 0 Å². The summed E-state index contributed by atoms with van der Waals surface area (Å²) in [5.41, 5.74) is 0. The summed E-state index contributed by atoms with van der Waals surface area (Å²) in [5.74, 6) is -0.00664. The third-order valence-corrected chi connectivity index (χ3v) is 17.9. The molecule has 2 atom stereocenters. The maximum atomic E-state index is 12.6. The van der Waals surface area contributed by atoms with Gasteiger partial charge in [-0.3, -0.25) is 9.59 Å². The molecule has 1 amide bonds. The predicted octanol–water partition coefficient (Wildman–Crippen LogP) is 24.2. The second-order valence-electron chi connectivity index (χ2n) is 26.0. The zero-order valence-corrected chi connectivity index (χ0v) is 54.9. The van der Waals surface area contributed by atoms with Gasteiger partial charge in [0.15, 0.2) is 0 Å². The molecule has 0 rings (SSSR count). The van der Waals surface area contributed by atoms with Gasteiger partial charge in [-0.2, -0.15) is 0 Å². The monoisotopic (exact) mass is 1130 g/mol. The van der Waals surface area contributed by atoms with Crippen molar-refractivity contribution >= 4 is 11.9 Å². The van der Waals surface area contributed by atoms with Gasteiger partial charge in [0.25, 0.3) is 0 Å². The molecule has 6 heteroatoms. The summed E-state index contributed by atoms with van der Waals surface area (Å²) in [6, 6.07) is -0.540. The summed E-state index contributed by atoms with van der Waals surface area (Å²) in [6.45, 7) is 5.00. The van der Waals surface area contributed by atoms with E-state index < -0.39 is 12.1 Å². The van der Waals surface area contributed by atoms with E-state index in [9.17, 15) is 19.8 Å². The highest BCUT2D eigenvalue weighted by atomic mass is 16.5. The number of hydrogen-bond donors (Lipinski definition) is 3. The first kappa shape index (κ1) is 78.9. The number of hydrogen-bond acceptors (Lipinski definition) is 5. The van der Waals surface area contributed by atoms with E-state index in [0.717, 1.165) is 38.5 Å². The van der Waals surface area contributed by atoms with Crippen LogP contribution < -0.4 is 5.32 Å². The second kappa shape index (κ2) is 70.3. The minimum Gasteiger partial charge on any atom is -0.466 e. The van der Waals surface area contributed by atoms with Crippen LogP contribution in [0.25, 0.3) is 0 Å². The molecule has 0 aliphatic heterocycles. The SMILES string of the molecule is CCCCCCCCCCCCCCCCCCCCCCCCCCCC(O)C(CO)NC(=O)CCCCCCCCCCCCCCCCCCCCCCCCCCCCCOC(=O)CCCCCCCCCCCCC. The van der Waals surface area contributed by atoms with Gasteiger partial charge in [0, 0.05) is 12.8 Å². The van der Waals surface area contributed by atoms with E-state index in [1.807, 2.05) is 0 Å². The van der Waals surface area contributed by atoms with Crippen molar-refractivity contribution in [1.29, 1.82) is 0 Å². The lowest BCUT2D eigenvalue weighted by Crippen LogP contribution is -2.45. The highest BCUT2D eigenvalue weighted by Gasteiger charge is 2.20. The fraction of sp³-hybridized carbons (Fsp3) is 0.973. The van der Waals surface area contributed by atoms with Gasteiger partial charge in [-0.15, -0.1) is 0 Å². The second-order valence-corrected chi connectivity index (χ2v) is 26.0. The Morgan fingerprint density at radius 2 is 0.512 bits per heavy atom. The molecule has 6 nitrogen and oxygen atoms in total. The quantitative estimate of drug-likeness (QED) is 0.0417. The summed E-state index contributed by atoms with van der Waals surface area (Å²) >= 11 is 0. The Morgan fingerprint density at radius 1 is 0.300 bits per heavy atom. The van der Waals surface area contributed by atoms with E-state index in [4.69, 9.17) is 4.74 Å². The number of nitrogens with one attached hydrogen (secondary N) is 1. The number of aliphatic hydroxyl groups excluding tert-OH is 2. The first-order chi connectivity index (χ1) is 39.5. The minimum atomic E-state index is -0.663. The van der Waals surface area contributed by atoms with Crippen molar-refractivity contribution in [1.82, 2.24) is 5.32 Å². The Kier molecular flexibility index (Phi) is 69.3. The van der Waals surface area contributed by atoms with Crippen LogP contribution in [-0.4, -0.2) is 47.4 Å². The lowest BCUT2D eigenvalue weighted by molar-refractivity contribution is -0.143. The average molecular weight is 1130 g/mol. The smallest absolute Gasteiger partial charge is 0.305 e. The van der Waals surface area contributed by atoms with Crippen LogP contribution >= 0.6 is 0 Å². The molecule has 478 valence electrons. The summed E-state index contributed by atoms with van der Waals surface area (Å²) in [6.07, 6.45) is 86.0. The lowest BCUT2D eigenvalue weighted by Gasteiger charge is -2.22. The van der Waals surface area contributed by atoms with Crippen LogP contribution in [0.15, 0.2) is 0 Å². The standard InChI is InChI=1S/C74H147NO5/c1-3-5-7-9-11-13-15-16-17-18-19-20-21-25-28-31-34-37-40-43-47-50-54-58-62-66-72(77)71(70-76)75-73(78)67-63-59-55-51-48-44-41-38-35-32-29-26-23-22-24-27-30-33-36-39-42-45-49-53-57-61-65-69-80-74(79)68-64-60-56-52-46-14-12-10-8-6-4-2/h71-72,76-77H,3-70H2,1-2H3,(H,75,78). The van der Waals surface area contributed by atoms with Crippen LogP contribution in [0.2, 0.25) is 0 Å². The lowest BCUT2D eigenvalue weighted by atomic mass is 10.0. The first-order valence-electron chi connectivity index (χ1n) is 37.3. The van der Waals surface area contributed by atoms with Gasteiger partial charge in [-0.05, 0) is 25.7 Å². The Bertz CT molecular complexity index is 1160. The molecule has 0 aliphatic carbocycles. The van der Waals surface area contributed by atoms with Crippen molar-refractivity contribution in [3.8, 4) is 0 Å². The van der Waals surface area contributed by atoms with E-state index in [0.29, 0.717) is 25.9 Å². The molecule has 0 aromatic heterocycles. The number of carbonyl (C=O) groups is 2. The van der Waals surface area contributed by atoms with E-state index in [1.54, 1.807) is 0 Å². The van der Waals surface area contributed by atoms with Crippen LogP contribution in [0.4, 0.5) is 0 Å². The number of carbonyl (C=O) groups excluding carboxylic acids is 2. The van der Waals surface area contributed by atoms with Crippen LogP contribution in [0.3, 0.4) is 0 Å². The highest BCUT2D eigenvalue weighted by Crippen LogP contribution is 2.20. The van der Waals surface area contributed by atoms with Gasteiger partial charge in [0.05, 0.1) is 25.4 Å². The first-order valence-corrected chi connectivity index (χ1v) is 37.3. The molecular formula is C74H147NO5. The Hall–Kier alpha value is -1.14. The molecule has 3 N–H and O–H groups in total. The maximum absolute atomic E-state index is 12.6. The maximum Gasteiger partial charge on any atom is 0.305 e. The third-order valence-electron chi connectivity index (χ3n) is 17.9. The average Bonchev–Trinajstić information content (AvgIpc) is 3.46. The van der Waals surface area contributed by atoms with Gasteiger partial charge in [-0.25, -0.2) is 0 Å². The Balaban J connectivity index is 3.35. The summed E-state index contributed by atoms with van der Waals surface area (Å²) < 4.78 is 5.48. The van der Waals surface area contributed by atoms with Crippen LogP contribution in [0.1, 0.15) is 438 Å². The van der Waals surface area contributed by atoms with Crippen molar-refractivity contribution in [2.45, 2.75) is 450 Å². The van der Waals surface area contributed by atoms with E-state index in [2.05, 4.69) is 19.2 Å². The summed E-state index contributed by atoms with van der Waals surface area (Å²) in [7, 11) is 0. The van der Waals surface area contributed by atoms with Gasteiger partial charge >= 0.3 is 5.97 Å². The number of ether oxygens (including phenoxy) is 1. The predicted molar refractivity (Wildman–Crippen MR) is 352 cm³/mol. The molecule has 0 heterocycles. The van der Waals surface area contributed by atoms with Gasteiger partial charge < -0.3 is 20.3 Å². The zero-order valence-electron chi connectivity index (χ0n) is 54.9. The van der Waals surface area contributed by atoms with Crippen molar-refractivity contribution in [3.05, 3.63) is 0 Å². The minimum absolute atomic E-state index is 0.0192. The van der Waals surface area contributed by atoms with Gasteiger partial charge in [0.2, 0.25) is 5.91 Å². The molecule has 0 saturated heterocycles. The molecule has 0 aromatic carbocycles. The number of esters is 1. The van der Waals surface area contributed by atoms with Crippen molar-refractivity contribution in [3.63, 3.8) is 0 Å². The largest absolute Gasteiger partial charge is 0.466 e. The summed E-state index contributed by atoms with van der Waals surface area (Å²) in [5, 5.41) is 23.5. The third kappa shape index (κ3) is 66.0. The molecule has 0 saturated carbocycles. The number of amides is 1. The molecule has 0 fully saturated rings. The van der Waals surface area contributed by atoms with Gasteiger partial charge in [0.1, 0.15) is 0 Å². The molecule has 0 aromatic rings. The van der Waals surface area contributed by atoms with E-state index in [-0.39, 0.29) is 18.5 Å². The topological polar surface area (TPSA) is 95.9 Å². The molecule has 0 aliphatic rings. The van der Waals surface area contributed by atoms with Crippen molar-refractivity contribution in [2.24, 2.45) is 0 Å². The van der Waals surface area contributed by atoms with E-state index >= 15 is 0 Å². The molecule has 0 spiro atoms. The number of rotatable bonds is 71. The van der Waals surface area contributed by atoms with Crippen LogP contribution in [0.5, 0.6) is 0 Å². The molecule has 2 unspecified atom stereocenters.